The Kier molecular flexibility index (Phi) is 6.03. The van der Waals surface area contributed by atoms with Crippen LogP contribution in [0.15, 0.2) is 66.3 Å². The highest BCUT2D eigenvalue weighted by atomic mass is 32.2. The predicted octanol–water partition coefficient (Wildman–Crippen LogP) is 4.31. The topological polar surface area (TPSA) is 59.8 Å². The van der Waals surface area contributed by atoms with Crippen molar-refractivity contribution in [2.75, 3.05) is 11.1 Å². The van der Waals surface area contributed by atoms with Crippen molar-refractivity contribution in [3.8, 4) is 11.4 Å². The van der Waals surface area contributed by atoms with E-state index in [1.54, 1.807) is 25.1 Å². The Morgan fingerprint density at radius 1 is 1.26 bits per heavy atom. The van der Waals surface area contributed by atoms with Gasteiger partial charge in [0.2, 0.25) is 5.91 Å². The molecule has 0 saturated heterocycles. The summed E-state index contributed by atoms with van der Waals surface area (Å²) in [5.74, 6) is 0.0480. The van der Waals surface area contributed by atoms with E-state index in [2.05, 4.69) is 22.1 Å². The molecule has 0 spiro atoms. The lowest BCUT2D eigenvalue weighted by Gasteiger charge is -2.09. The standard InChI is InChI=1S/C20H19FN4OS/c1-3-11-25-19(15-7-5-4-6-8-15)23-24-20(25)27-13-18(26)22-17-10-9-14(2)12-16(17)21/h3-10,12H,1,11,13H2,2H3,(H,22,26). The van der Waals surface area contributed by atoms with Gasteiger partial charge < -0.3 is 5.32 Å². The first-order valence-electron chi connectivity index (χ1n) is 8.37. The van der Waals surface area contributed by atoms with Crippen molar-refractivity contribution in [1.29, 1.82) is 0 Å². The van der Waals surface area contributed by atoms with Gasteiger partial charge in [0.1, 0.15) is 5.82 Å². The largest absolute Gasteiger partial charge is 0.323 e. The smallest absolute Gasteiger partial charge is 0.234 e. The highest BCUT2D eigenvalue weighted by Crippen LogP contribution is 2.24. The van der Waals surface area contributed by atoms with Crippen LogP contribution in [-0.4, -0.2) is 26.4 Å². The van der Waals surface area contributed by atoms with Gasteiger partial charge in [-0.25, -0.2) is 4.39 Å². The Hall–Kier alpha value is -2.93. The maximum Gasteiger partial charge on any atom is 0.234 e. The van der Waals surface area contributed by atoms with Crippen LogP contribution in [0.1, 0.15) is 5.56 Å². The molecule has 0 radical (unpaired) electrons. The van der Waals surface area contributed by atoms with E-state index >= 15 is 0 Å². The third-order valence-corrected chi connectivity index (χ3v) is 4.76. The van der Waals surface area contributed by atoms with Gasteiger partial charge in [-0.2, -0.15) is 0 Å². The van der Waals surface area contributed by atoms with Crippen molar-refractivity contribution in [2.45, 2.75) is 18.6 Å². The molecule has 0 fully saturated rings. The SMILES string of the molecule is C=CCn1c(SCC(=O)Nc2ccc(C)cc2F)nnc1-c1ccccc1. The van der Waals surface area contributed by atoms with Crippen LogP contribution in [0.2, 0.25) is 0 Å². The number of anilines is 1. The predicted molar refractivity (Wildman–Crippen MR) is 106 cm³/mol. The zero-order valence-corrected chi connectivity index (χ0v) is 15.7. The zero-order valence-electron chi connectivity index (χ0n) is 14.9. The Labute approximate surface area is 161 Å². The van der Waals surface area contributed by atoms with Crippen molar-refractivity contribution >= 4 is 23.4 Å². The molecular formula is C20H19FN4OS. The third kappa shape index (κ3) is 4.62. The number of benzene rings is 2. The van der Waals surface area contributed by atoms with E-state index in [0.717, 1.165) is 11.1 Å². The fourth-order valence-corrected chi connectivity index (χ4v) is 3.28. The Morgan fingerprint density at radius 3 is 2.74 bits per heavy atom. The number of allylic oxidation sites excluding steroid dienone is 1. The Bertz CT molecular complexity index is 956. The molecule has 5 nitrogen and oxygen atoms in total. The number of halogens is 1. The number of nitrogens with zero attached hydrogens (tertiary/aromatic N) is 3. The quantitative estimate of drug-likeness (QED) is 0.489. The number of nitrogens with one attached hydrogen (secondary N) is 1. The van der Waals surface area contributed by atoms with E-state index < -0.39 is 5.82 Å². The summed E-state index contributed by atoms with van der Waals surface area (Å²) in [5.41, 5.74) is 1.90. The molecule has 7 heteroatoms. The van der Waals surface area contributed by atoms with Crippen LogP contribution < -0.4 is 5.32 Å². The highest BCUT2D eigenvalue weighted by molar-refractivity contribution is 7.99. The number of hydrogen-bond acceptors (Lipinski definition) is 4. The monoisotopic (exact) mass is 382 g/mol. The van der Waals surface area contributed by atoms with Crippen LogP contribution in [0.4, 0.5) is 10.1 Å². The van der Waals surface area contributed by atoms with Gasteiger partial charge >= 0.3 is 0 Å². The average Bonchev–Trinajstić information content (AvgIpc) is 3.06. The molecule has 0 saturated carbocycles. The second-order valence-corrected chi connectivity index (χ2v) is 6.83. The van der Waals surface area contributed by atoms with Gasteiger partial charge in [-0.05, 0) is 24.6 Å². The molecular weight excluding hydrogens is 363 g/mol. The second kappa shape index (κ2) is 8.64. The van der Waals surface area contributed by atoms with Crippen molar-refractivity contribution < 1.29 is 9.18 Å². The molecule has 0 unspecified atom stereocenters. The summed E-state index contributed by atoms with van der Waals surface area (Å²) in [7, 11) is 0. The molecule has 1 amide bonds. The molecule has 3 aromatic rings. The fourth-order valence-electron chi connectivity index (χ4n) is 2.53. The first-order chi connectivity index (χ1) is 13.1. The van der Waals surface area contributed by atoms with Crippen molar-refractivity contribution in [3.63, 3.8) is 0 Å². The number of thioether (sulfide) groups is 1. The fraction of sp³-hybridized carbons (Fsp3) is 0.150. The zero-order chi connectivity index (χ0) is 19.2. The average molecular weight is 382 g/mol. The summed E-state index contributed by atoms with van der Waals surface area (Å²) in [5, 5.41) is 11.6. The number of rotatable bonds is 7. The highest BCUT2D eigenvalue weighted by Gasteiger charge is 2.15. The molecule has 0 atom stereocenters. The summed E-state index contributed by atoms with van der Waals surface area (Å²) in [4.78, 5) is 12.2. The number of carbonyl (C=O) groups excluding carboxylic acids is 1. The van der Waals surface area contributed by atoms with Gasteiger partial charge in [-0.3, -0.25) is 9.36 Å². The molecule has 3 rings (SSSR count). The summed E-state index contributed by atoms with van der Waals surface area (Å²) in [6.45, 7) is 6.09. The molecule has 0 bridgehead atoms. The molecule has 27 heavy (non-hydrogen) atoms. The number of aryl methyl sites for hydroxylation is 1. The maximum atomic E-state index is 13.9. The lowest BCUT2D eigenvalue weighted by molar-refractivity contribution is -0.113. The van der Waals surface area contributed by atoms with Crippen LogP contribution in [0.5, 0.6) is 0 Å². The molecule has 0 aliphatic carbocycles. The van der Waals surface area contributed by atoms with Gasteiger partial charge in [-0.1, -0.05) is 54.2 Å². The van der Waals surface area contributed by atoms with Crippen molar-refractivity contribution in [1.82, 2.24) is 14.8 Å². The molecule has 0 aliphatic heterocycles. The van der Waals surface area contributed by atoms with Gasteiger partial charge in [0.15, 0.2) is 11.0 Å². The van der Waals surface area contributed by atoms with Crippen molar-refractivity contribution in [3.05, 3.63) is 72.6 Å². The van der Waals surface area contributed by atoms with E-state index in [9.17, 15) is 9.18 Å². The number of carbonyl (C=O) groups is 1. The lowest BCUT2D eigenvalue weighted by atomic mass is 10.2. The number of amides is 1. The van der Waals surface area contributed by atoms with Crippen LogP contribution >= 0.6 is 11.8 Å². The summed E-state index contributed by atoms with van der Waals surface area (Å²) in [6.07, 6.45) is 1.75. The normalized spacial score (nSPS) is 10.6. The Balaban J connectivity index is 1.71. The van der Waals surface area contributed by atoms with Gasteiger partial charge in [0, 0.05) is 12.1 Å². The van der Waals surface area contributed by atoms with Crippen molar-refractivity contribution in [2.24, 2.45) is 0 Å². The van der Waals surface area contributed by atoms with E-state index in [4.69, 9.17) is 0 Å². The number of aromatic nitrogens is 3. The first kappa shape index (κ1) is 18.8. The van der Waals surface area contributed by atoms with E-state index in [1.807, 2.05) is 34.9 Å². The second-order valence-electron chi connectivity index (χ2n) is 5.89. The molecule has 0 aliphatic rings. The van der Waals surface area contributed by atoms with E-state index in [0.29, 0.717) is 17.5 Å². The number of hydrogen-bond donors (Lipinski definition) is 1. The summed E-state index contributed by atoms with van der Waals surface area (Å²) in [6, 6.07) is 14.4. The van der Waals surface area contributed by atoms with Crippen LogP contribution in [0.25, 0.3) is 11.4 Å². The molecule has 2 aromatic carbocycles. The van der Waals surface area contributed by atoms with E-state index in [-0.39, 0.29) is 17.3 Å². The molecule has 1 N–H and O–H groups in total. The third-order valence-electron chi connectivity index (χ3n) is 3.79. The summed E-state index contributed by atoms with van der Waals surface area (Å²) >= 11 is 1.25. The Morgan fingerprint density at radius 2 is 2.04 bits per heavy atom. The minimum Gasteiger partial charge on any atom is -0.323 e. The van der Waals surface area contributed by atoms with E-state index in [1.165, 1.54) is 17.8 Å². The maximum absolute atomic E-state index is 13.9. The van der Waals surface area contributed by atoms with Crippen LogP contribution in [-0.2, 0) is 11.3 Å². The minimum atomic E-state index is -0.450. The van der Waals surface area contributed by atoms with Gasteiger partial charge in [-0.15, -0.1) is 16.8 Å². The lowest BCUT2D eigenvalue weighted by Crippen LogP contribution is -2.15. The summed E-state index contributed by atoms with van der Waals surface area (Å²) < 4.78 is 15.8. The first-order valence-corrected chi connectivity index (χ1v) is 9.35. The minimum absolute atomic E-state index is 0.0946. The van der Waals surface area contributed by atoms with Crippen LogP contribution in [0.3, 0.4) is 0 Å². The molecule has 1 heterocycles. The molecule has 1 aromatic heterocycles. The van der Waals surface area contributed by atoms with Gasteiger partial charge in [0.25, 0.3) is 0 Å². The van der Waals surface area contributed by atoms with Gasteiger partial charge in [0.05, 0.1) is 11.4 Å². The van der Waals surface area contributed by atoms with Crippen LogP contribution in [0, 0.1) is 12.7 Å². The molecule has 138 valence electrons.